The highest BCUT2D eigenvalue weighted by Gasteiger charge is 2.36. The van der Waals surface area contributed by atoms with Crippen molar-refractivity contribution in [3.05, 3.63) is 70.0 Å². The first-order chi connectivity index (χ1) is 11.1. The highest BCUT2D eigenvalue weighted by Crippen LogP contribution is 2.30. The van der Waals surface area contributed by atoms with Gasteiger partial charge in [0.05, 0.1) is 27.5 Å². The van der Waals surface area contributed by atoms with E-state index in [0.29, 0.717) is 16.8 Å². The molecule has 1 aromatic heterocycles. The molecule has 23 heavy (non-hydrogen) atoms. The largest absolute Gasteiger partial charge is 0.268 e. The lowest BCUT2D eigenvalue weighted by molar-refractivity contribution is 0.0926. The molecule has 5 heteroatoms. The van der Waals surface area contributed by atoms with Gasteiger partial charge >= 0.3 is 0 Å². The third-order valence-electron chi connectivity index (χ3n) is 3.83. The molecule has 2 amide bonds. The number of nitrogens with zero attached hydrogens (tertiary/aromatic N) is 2. The van der Waals surface area contributed by atoms with E-state index in [9.17, 15) is 9.59 Å². The van der Waals surface area contributed by atoms with E-state index in [1.54, 1.807) is 47.7 Å². The van der Waals surface area contributed by atoms with Crippen LogP contribution in [-0.2, 0) is 0 Å². The van der Waals surface area contributed by atoms with E-state index in [1.165, 1.54) is 4.90 Å². The van der Waals surface area contributed by atoms with Crippen molar-refractivity contribution in [2.24, 2.45) is 0 Å². The van der Waals surface area contributed by atoms with Crippen LogP contribution in [0.15, 0.2) is 53.9 Å². The highest BCUT2D eigenvalue weighted by atomic mass is 32.1. The number of carbonyl (C=O) groups excluding carboxylic acids is 2. The molecule has 2 heterocycles. The molecule has 0 fully saturated rings. The average molecular weight is 320 g/mol. The monoisotopic (exact) mass is 320 g/mol. The number of anilines is 1. The van der Waals surface area contributed by atoms with Gasteiger partial charge in [0.1, 0.15) is 0 Å². The zero-order valence-corrected chi connectivity index (χ0v) is 13.1. The van der Waals surface area contributed by atoms with Crippen LogP contribution >= 0.6 is 11.3 Å². The molecule has 1 aliphatic heterocycles. The second-order valence-electron chi connectivity index (χ2n) is 5.29. The Balaban J connectivity index is 1.70. The maximum absolute atomic E-state index is 12.5. The summed E-state index contributed by atoms with van der Waals surface area (Å²) >= 11 is 1.59. The molecule has 0 N–H and O–H groups in total. The number of carbonyl (C=O) groups is 2. The Hall–Kier alpha value is -2.79. The first-order valence-corrected chi connectivity index (χ1v) is 8.03. The number of rotatable bonds is 2. The van der Waals surface area contributed by atoms with Crippen molar-refractivity contribution in [2.75, 3.05) is 4.90 Å². The molecule has 0 aliphatic carbocycles. The van der Waals surface area contributed by atoms with Gasteiger partial charge in [-0.25, -0.2) is 9.88 Å². The first kappa shape index (κ1) is 13.8. The van der Waals surface area contributed by atoms with Crippen LogP contribution in [0.2, 0.25) is 0 Å². The van der Waals surface area contributed by atoms with Crippen molar-refractivity contribution in [2.45, 2.75) is 6.92 Å². The lowest BCUT2D eigenvalue weighted by Crippen LogP contribution is -2.29. The molecule has 0 saturated carbocycles. The average Bonchev–Trinajstić information content (AvgIpc) is 3.11. The summed E-state index contributed by atoms with van der Waals surface area (Å²) in [5, 5.41) is 3.00. The zero-order chi connectivity index (χ0) is 16.0. The quantitative estimate of drug-likeness (QED) is 0.672. The number of aromatic nitrogens is 1. The Kier molecular flexibility index (Phi) is 3.09. The molecule has 0 atom stereocenters. The minimum Gasteiger partial charge on any atom is -0.268 e. The molecular weight excluding hydrogens is 308 g/mol. The standard InChI is InChI=1S/C18H12N2O2S/c1-11-19-16(10-23-11)12-6-8-13(9-7-12)20-17(21)14-4-2-3-5-15(14)18(20)22/h2-10H,1H3. The SMILES string of the molecule is Cc1nc(-c2ccc(N3C(=O)c4ccccc4C3=O)cc2)cs1. The summed E-state index contributed by atoms with van der Waals surface area (Å²) in [6.45, 7) is 1.96. The number of hydrogen-bond acceptors (Lipinski definition) is 4. The van der Waals surface area contributed by atoms with Gasteiger partial charge < -0.3 is 0 Å². The number of thiazole rings is 1. The van der Waals surface area contributed by atoms with Gasteiger partial charge in [0, 0.05) is 10.9 Å². The molecule has 112 valence electrons. The predicted octanol–water partition coefficient (Wildman–Crippen LogP) is 3.92. The van der Waals surface area contributed by atoms with Crippen molar-refractivity contribution >= 4 is 28.8 Å². The molecule has 1 aliphatic rings. The van der Waals surface area contributed by atoms with Crippen molar-refractivity contribution in [1.29, 1.82) is 0 Å². The van der Waals surface area contributed by atoms with Gasteiger partial charge in [0.2, 0.25) is 0 Å². The number of benzene rings is 2. The molecule has 2 aromatic carbocycles. The van der Waals surface area contributed by atoms with Crippen LogP contribution in [0.25, 0.3) is 11.3 Å². The lowest BCUT2D eigenvalue weighted by atomic mass is 10.1. The van der Waals surface area contributed by atoms with Gasteiger partial charge in [-0.15, -0.1) is 11.3 Å². The fourth-order valence-electron chi connectivity index (χ4n) is 2.70. The third-order valence-corrected chi connectivity index (χ3v) is 4.61. The van der Waals surface area contributed by atoms with Crippen LogP contribution < -0.4 is 4.90 Å². The second kappa shape index (κ2) is 5.14. The molecule has 4 rings (SSSR count). The number of aryl methyl sites for hydroxylation is 1. The van der Waals surface area contributed by atoms with Crippen LogP contribution in [-0.4, -0.2) is 16.8 Å². The minimum absolute atomic E-state index is 0.275. The molecule has 0 unspecified atom stereocenters. The summed E-state index contributed by atoms with van der Waals surface area (Å²) in [4.78, 5) is 30.6. The van der Waals surface area contributed by atoms with E-state index in [1.807, 2.05) is 24.4 Å². The fraction of sp³-hybridized carbons (Fsp3) is 0.0556. The number of fused-ring (bicyclic) bond motifs is 1. The maximum Gasteiger partial charge on any atom is 0.266 e. The molecule has 0 bridgehead atoms. The maximum atomic E-state index is 12.5. The van der Waals surface area contributed by atoms with Gasteiger partial charge in [-0.1, -0.05) is 24.3 Å². The molecule has 0 saturated heterocycles. The van der Waals surface area contributed by atoms with E-state index in [4.69, 9.17) is 0 Å². The number of amides is 2. The Morgan fingerprint density at radius 2 is 1.52 bits per heavy atom. The molecule has 0 radical (unpaired) electrons. The second-order valence-corrected chi connectivity index (χ2v) is 6.35. The van der Waals surface area contributed by atoms with Crippen molar-refractivity contribution in [1.82, 2.24) is 4.98 Å². The lowest BCUT2D eigenvalue weighted by Gasteiger charge is -2.14. The number of imide groups is 1. The van der Waals surface area contributed by atoms with Crippen LogP contribution in [0.5, 0.6) is 0 Å². The van der Waals surface area contributed by atoms with E-state index < -0.39 is 0 Å². The summed E-state index contributed by atoms with van der Waals surface area (Å²) in [5.41, 5.74) is 3.36. The summed E-state index contributed by atoms with van der Waals surface area (Å²) in [7, 11) is 0. The molecule has 0 spiro atoms. The highest BCUT2D eigenvalue weighted by molar-refractivity contribution is 7.09. The Bertz CT molecular complexity index is 893. The smallest absolute Gasteiger partial charge is 0.266 e. The van der Waals surface area contributed by atoms with Gasteiger partial charge in [0.25, 0.3) is 11.8 Å². The van der Waals surface area contributed by atoms with Crippen molar-refractivity contribution in [3.63, 3.8) is 0 Å². The van der Waals surface area contributed by atoms with Crippen LogP contribution in [0.3, 0.4) is 0 Å². The predicted molar refractivity (Wildman–Crippen MR) is 89.9 cm³/mol. The normalized spacial score (nSPS) is 13.5. The number of hydrogen-bond donors (Lipinski definition) is 0. The van der Waals surface area contributed by atoms with Gasteiger partial charge in [-0.2, -0.15) is 0 Å². The van der Waals surface area contributed by atoms with E-state index in [2.05, 4.69) is 4.98 Å². The van der Waals surface area contributed by atoms with E-state index >= 15 is 0 Å². The zero-order valence-electron chi connectivity index (χ0n) is 12.3. The van der Waals surface area contributed by atoms with Gasteiger partial charge in [-0.3, -0.25) is 9.59 Å². The Morgan fingerprint density at radius 1 is 0.913 bits per heavy atom. The topological polar surface area (TPSA) is 50.3 Å². The summed E-state index contributed by atoms with van der Waals surface area (Å²) in [6, 6.07) is 14.2. The van der Waals surface area contributed by atoms with Crippen molar-refractivity contribution in [3.8, 4) is 11.3 Å². The third kappa shape index (κ3) is 2.17. The van der Waals surface area contributed by atoms with Crippen LogP contribution in [0, 0.1) is 6.92 Å². The fourth-order valence-corrected chi connectivity index (χ4v) is 3.32. The minimum atomic E-state index is -0.275. The molecule has 4 nitrogen and oxygen atoms in total. The summed E-state index contributed by atoms with van der Waals surface area (Å²) in [6.07, 6.45) is 0. The Labute approximate surface area is 137 Å². The van der Waals surface area contributed by atoms with E-state index in [0.717, 1.165) is 16.3 Å². The molecular formula is C18H12N2O2S. The van der Waals surface area contributed by atoms with Crippen molar-refractivity contribution < 1.29 is 9.59 Å². The summed E-state index contributed by atoms with van der Waals surface area (Å²) in [5.74, 6) is -0.550. The van der Waals surface area contributed by atoms with E-state index in [-0.39, 0.29) is 11.8 Å². The van der Waals surface area contributed by atoms with Crippen LogP contribution in [0.1, 0.15) is 25.7 Å². The van der Waals surface area contributed by atoms with Gasteiger partial charge in [0.15, 0.2) is 0 Å². The van der Waals surface area contributed by atoms with Crippen LogP contribution in [0.4, 0.5) is 5.69 Å². The van der Waals surface area contributed by atoms with Gasteiger partial charge in [-0.05, 0) is 31.2 Å². The Morgan fingerprint density at radius 3 is 2.04 bits per heavy atom. The summed E-state index contributed by atoms with van der Waals surface area (Å²) < 4.78 is 0. The first-order valence-electron chi connectivity index (χ1n) is 7.15. The molecule has 3 aromatic rings.